The summed E-state index contributed by atoms with van der Waals surface area (Å²) in [5, 5.41) is 21.1. The van der Waals surface area contributed by atoms with Crippen LogP contribution in [0.2, 0.25) is 0 Å². The van der Waals surface area contributed by atoms with E-state index in [1.165, 1.54) is 0 Å². The Morgan fingerprint density at radius 1 is 1.35 bits per heavy atom. The Labute approximate surface area is 123 Å². The molecule has 1 fully saturated rings. The molecule has 0 unspecified atom stereocenters. The van der Waals surface area contributed by atoms with Crippen LogP contribution in [0.4, 0.5) is 0 Å². The second-order valence-electron chi connectivity index (χ2n) is 7.52. The van der Waals surface area contributed by atoms with Gasteiger partial charge in [0, 0.05) is 12.5 Å². The lowest BCUT2D eigenvalue weighted by atomic mass is 9.77. The number of aliphatic hydroxyl groups is 2. The van der Waals surface area contributed by atoms with Crippen molar-refractivity contribution in [2.24, 2.45) is 11.8 Å². The van der Waals surface area contributed by atoms with Gasteiger partial charge in [-0.3, -0.25) is 0 Å². The fourth-order valence-corrected chi connectivity index (χ4v) is 4.10. The van der Waals surface area contributed by atoms with Gasteiger partial charge in [-0.25, -0.2) is 0 Å². The molecule has 0 amide bonds. The Kier molecular flexibility index (Phi) is 4.09. The van der Waals surface area contributed by atoms with Crippen LogP contribution in [0.5, 0.6) is 0 Å². The number of rotatable bonds is 3. The minimum atomic E-state index is -0.819. The monoisotopic (exact) mass is 282 g/mol. The molecule has 2 N–H and O–H groups in total. The topological polar surface area (TPSA) is 49.7 Å². The molecule has 0 aliphatic heterocycles. The van der Waals surface area contributed by atoms with Crippen LogP contribution in [0.1, 0.15) is 60.3 Å². The van der Waals surface area contributed by atoms with E-state index in [1.54, 1.807) is 0 Å². The summed E-state index contributed by atoms with van der Waals surface area (Å²) in [7, 11) is 0. The van der Waals surface area contributed by atoms with Crippen molar-refractivity contribution in [2.75, 3.05) is 6.61 Å². The molecular weight excluding hydrogens is 252 g/mol. The molecule has 3 nitrogen and oxygen atoms in total. The number of fused-ring (bicyclic) bond motifs is 1. The maximum atomic E-state index is 10.7. The zero-order chi connectivity index (χ0) is 15.2. The fraction of sp³-hybridized carbons (Fsp3) is 0.882. The van der Waals surface area contributed by atoms with E-state index < -0.39 is 11.2 Å². The third kappa shape index (κ3) is 2.81. The molecule has 4 atom stereocenters. The zero-order valence-corrected chi connectivity index (χ0v) is 13.6. The summed E-state index contributed by atoms with van der Waals surface area (Å²) in [6.07, 6.45) is 5.68. The lowest BCUT2D eigenvalue weighted by molar-refractivity contribution is -0.0907. The van der Waals surface area contributed by atoms with Gasteiger partial charge in [-0.05, 0) is 71.8 Å². The highest BCUT2D eigenvalue weighted by Gasteiger charge is 2.52. The van der Waals surface area contributed by atoms with Crippen molar-refractivity contribution in [1.29, 1.82) is 0 Å². The number of hydrogen-bond donors (Lipinski definition) is 2. The van der Waals surface area contributed by atoms with Crippen LogP contribution in [0.15, 0.2) is 11.6 Å². The molecular formula is C17H30O3. The Morgan fingerprint density at radius 2 is 2.00 bits per heavy atom. The lowest BCUT2D eigenvalue weighted by Gasteiger charge is -2.38. The summed E-state index contributed by atoms with van der Waals surface area (Å²) in [6.45, 7) is 10.5. The average Bonchev–Trinajstić information content (AvgIpc) is 2.50. The van der Waals surface area contributed by atoms with E-state index in [4.69, 9.17) is 4.74 Å². The average molecular weight is 282 g/mol. The highest BCUT2D eigenvalue weighted by Crippen LogP contribution is 2.52. The van der Waals surface area contributed by atoms with E-state index >= 15 is 0 Å². The summed E-state index contributed by atoms with van der Waals surface area (Å²) in [6, 6.07) is 0. The predicted molar refractivity (Wildman–Crippen MR) is 80.5 cm³/mol. The fourth-order valence-electron chi connectivity index (χ4n) is 4.10. The van der Waals surface area contributed by atoms with Crippen LogP contribution >= 0.6 is 0 Å². The molecule has 20 heavy (non-hydrogen) atoms. The van der Waals surface area contributed by atoms with Crippen LogP contribution < -0.4 is 0 Å². The summed E-state index contributed by atoms with van der Waals surface area (Å²) in [5.74, 6) is 0.403. The van der Waals surface area contributed by atoms with Gasteiger partial charge in [0.05, 0.1) is 16.8 Å². The second-order valence-corrected chi connectivity index (χ2v) is 7.52. The van der Waals surface area contributed by atoms with Gasteiger partial charge < -0.3 is 14.9 Å². The first kappa shape index (κ1) is 16.0. The molecule has 2 aliphatic carbocycles. The molecule has 0 bridgehead atoms. The van der Waals surface area contributed by atoms with Gasteiger partial charge in [-0.2, -0.15) is 0 Å². The summed E-state index contributed by atoms with van der Waals surface area (Å²) in [5.41, 5.74) is -0.674. The first-order valence-electron chi connectivity index (χ1n) is 7.90. The maximum Gasteiger partial charge on any atom is 0.0800 e. The summed E-state index contributed by atoms with van der Waals surface area (Å²) < 4.78 is 6.09. The van der Waals surface area contributed by atoms with Crippen LogP contribution in [-0.2, 0) is 4.74 Å². The molecule has 0 spiro atoms. The number of hydrogen-bond acceptors (Lipinski definition) is 3. The second kappa shape index (κ2) is 5.11. The molecule has 2 aliphatic rings. The molecule has 0 aromatic heterocycles. The third-order valence-corrected chi connectivity index (χ3v) is 5.43. The molecule has 3 heteroatoms. The Bertz CT molecular complexity index is 392. The van der Waals surface area contributed by atoms with Crippen molar-refractivity contribution in [2.45, 2.75) is 77.1 Å². The van der Waals surface area contributed by atoms with Gasteiger partial charge in [0.25, 0.3) is 0 Å². The molecule has 0 radical (unpaired) electrons. The SMILES string of the molecule is CCO[C@]1(C)CCC(C(C)(C)O)=C[C@H]2[C@H]1CC[C@@]2(C)O. The van der Waals surface area contributed by atoms with Gasteiger partial charge in [0.2, 0.25) is 0 Å². The quantitative estimate of drug-likeness (QED) is 0.782. The van der Waals surface area contributed by atoms with Crippen molar-refractivity contribution in [1.82, 2.24) is 0 Å². The summed E-state index contributed by atoms with van der Waals surface area (Å²) in [4.78, 5) is 0. The highest BCUT2D eigenvalue weighted by molar-refractivity contribution is 5.23. The number of ether oxygens (including phenoxy) is 1. The van der Waals surface area contributed by atoms with Gasteiger partial charge in [-0.1, -0.05) is 6.08 Å². The molecule has 1 saturated carbocycles. The lowest BCUT2D eigenvalue weighted by Crippen LogP contribution is -2.42. The molecule has 0 aromatic carbocycles. The molecule has 2 rings (SSSR count). The van der Waals surface area contributed by atoms with Gasteiger partial charge in [0.15, 0.2) is 0 Å². The molecule has 0 saturated heterocycles. The summed E-state index contributed by atoms with van der Waals surface area (Å²) >= 11 is 0. The van der Waals surface area contributed by atoms with Crippen molar-refractivity contribution < 1.29 is 14.9 Å². The van der Waals surface area contributed by atoms with Crippen LogP contribution in [0.25, 0.3) is 0 Å². The largest absolute Gasteiger partial charge is 0.390 e. The van der Waals surface area contributed by atoms with Crippen LogP contribution in [-0.4, -0.2) is 33.6 Å². The van der Waals surface area contributed by atoms with Gasteiger partial charge in [-0.15, -0.1) is 0 Å². The Morgan fingerprint density at radius 3 is 2.55 bits per heavy atom. The molecule has 116 valence electrons. The smallest absolute Gasteiger partial charge is 0.0800 e. The van der Waals surface area contributed by atoms with E-state index in [2.05, 4.69) is 13.0 Å². The molecule has 0 aromatic rings. The normalized spacial score (nSPS) is 42.0. The van der Waals surface area contributed by atoms with E-state index in [9.17, 15) is 10.2 Å². The first-order chi connectivity index (χ1) is 9.10. The minimum Gasteiger partial charge on any atom is -0.390 e. The van der Waals surface area contributed by atoms with Crippen molar-refractivity contribution >= 4 is 0 Å². The van der Waals surface area contributed by atoms with Crippen molar-refractivity contribution in [3.05, 3.63) is 11.6 Å². The van der Waals surface area contributed by atoms with Gasteiger partial charge >= 0.3 is 0 Å². The van der Waals surface area contributed by atoms with Crippen molar-refractivity contribution in [3.63, 3.8) is 0 Å². The van der Waals surface area contributed by atoms with Crippen LogP contribution in [0.3, 0.4) is 0 Å². The Balaban J connectivity index is 2.40. The minimum absolute atomic E-state index is 0.0722. The van der Waals surface area contributed by atoms with Crippen molar-refractivity contribution in [3.8, 4) is 0 Å². The Hall–Kier alpha value is -0.380. The molecule has 0 heterocycles. The predicted octanol–water partition coefficient (Wildman–Crippen LogP) is 3.05. The van der Waals surface area contributed by atoms with E-state index in [0.717, 1.165) is 31.3 Å². The zero-order valence-electron chi connectivity index (χ0n) is 13.6. The third-order valence-electron chi connectivity index (χ3n) is 5.43. The standard InChI is InChI=1S/C17H30O3/c1-6-20-17(5)10-7-12(15(2,3)18)11-14-13(17)8-9-16(14,4)19/h11,13-14,18-19H,6-10H2,1-5H3/t13-,14+,16-,17-/m1/s1. The van der Waals surface area contributed by atoms with E-state index in [1.807, 2.05) is 27.7 Å². The van der Waals surface area contributed by atoms with E-state index in [-0.39, 0.29) is 11.5 Å². The first-order valence-corrected chi connectivity index (χ1v) is 7.90. The van der Waals surface area contributed by atoms with Crippen LogP contribution in [0, 0.1) is 11.8 Å². The maximum absolute atomic E-state index is 10.7. The highest BCUT2D eigenvalue weighted by atomic mass is 16.5. The van der Waals surface area contributed by atoms with Gasteiger partial charge in [0.1, 0.15) is 0 Å². The van der Waals surface area contributed by atoms with E-state index in [0.29, 0.717) is 12.5 Å².